The van der Waals surface area contributed by atoms with Gasteiger partial charge >= 0.3 is 0 Å². The van der Waals surface area contributed by atoms with Crippen molar-refractivity contribution in [1.29, 1.82) is 0 Å². The van der Waals surface area contributed by atoms with Gasteiger partial charge in [-0.15, -0.1) is 0 Å². The van der Waals surface area contributed by atoms with Crippen molar-refractivity contribution in [3.63, 3.8) is 0 Å². The van der Waals surface area contributed by atoms with Crippen LogP contribution in [-0.4, -0.2) is 25.3 Å². The molecule has 1 saturated carbocycles. The van der Waals surface area contributed by atoms with Crippen LogP contribution in [0.1, 0.15) is 25.7 Å². The van der Waals surface area contributed by atoms with E-state index in [9.17, 15) is 13.2 Å². The summed E-state index contributed by atoms with van der Waals surface area (Å²) in [4.78, 5) is 11.9. The number of halogens is 1. The molecule has 0 aromatic heterocycles. The molecule has 0 bridgehead atoms. The second-order valence-corrected chi connectivity index (χ2v) is 7.71. The summed E-state index contributed by atoms with van der Waals surface area (Å²) in [5.74, 6) is -1.09. The first kappa shape index (κ1) is 15.1. The minimum atomic E-state index is -3.39. The Morgan fingerprint density at radius 3 is 2.65 bits per heavy atom. The number of hydrogen-bond donors (Lipinski definition) is 2. The second kappa shape index (κ2) is 6.01. The van der Waals surface area contributed by atoms with E-state index in [2.05, 4.69) is 5.32 Å². The average Bonchev–Trinajstić information content (AvgIpc) is 2.87. The summed E-state index contributed by atoms with van der Waals surface area (Å²) in [6.45, 7) is 0. The maximum absolute atomic E-state index is 12.1. The monoisotopic (exact) mass is 316 g/mol. The molecule has 0 spiro atoms. The normalized spacial score (nSPS) is 16.2. The summed E-state index contributed by atoms with van der Waals surface area (Å²) in [5.41, 5.74) is 6.39. The van der Waals surface area contributed by atoms with E-state index in [0.717, 1.165) is 12.8 Å². The number of nitrogens with two attached hydrogens (primary N) is 1. The summed E-state index contributed by atoms with van der Waals surface area (Å²) in [5, 5.41) is 2.54. The van der Waals surface area contributed by atoms with Gasteiger partial charge in [0.15, 0.2) is 9.84 Å². The maximum atomic E-state index is 12.1. The van der Waals surface area contributed by atoms with Gasteiger partial charge in [0, 0.05) is 5.02 Å². The molecule has 0 unspecified atom stereocenters. The predicted molar refractivity (Wildman–Crippen MR) is 80.5 cm³/mol. The second-order valence-electron chi connectivity index (χ2n) is 4.99. The Hall–Kier alpha value is -1.27. The number of rotatable bonds is 4. The molecule has 110 valence electrons. The number of sulfone groups is 1. The fourth-order valence-electron chi connectivity index (χ4n) is 2.37. The lowest BCUT2D eigenvalue weighted by Gasteiger charge is -2.12. The van der Waals surface area contributed by atoms with Crippen molar-refractivity contribution >= 4 is 38.7 Å². The third-order valence-electron chi connectivity index (χ3n) is 3.43. The summed E-state index contributed by atoms with van der Waals surface area (Å²) in [6.07, 6.45) is 3.11. The van der Waals surface area contributed by atoms with Gasteiger partial charge < -0.3 is 11.1 Å². The van der Waals surface area contributed by atoms with Crippen LogP contribution in [0, 0.1) is 0 Å². The first-order chi connectivity index (χ1) is 9.38. The lowest BCUT2D eigenvalue weighted by molar-refractivity contribution is -0.113. The first-order valence-corrected chi connectivity index (χ1v) is 8.54. The Kier molecular flexibility index (Phi) is 4.55. The van der Waals surface area contributed by atoms with E-state index in [4.69, 9.17) is 17.3 Å². The standard InChI is InChI=1S/C13H17ClN2O3S/c14-9-5-6-11(15)12(7-9)16-13(17)8-20(18,19)10-3-1-2-4-10/h5-7,10H,1-4,8,15H2,(H,16,17). The van der Waals surface area contributed by atoms with Gasteiger partial charge in [0.2, 0.25) is 5.91 Å². The maximum Gasteiger partial charge on any atom is 0.239 e. The largest absolute Gasteiger partial charge is 0.397 e. The molecule has 0 atom stereocenters. The van der Waals surface area contributed by atoms with E-state index in [-0.39, 0.29) is 5.25 Å². The highest BCUT2D eigenvalue weighted by Crippen LogP contribution is 2.26. The van der Waals surface area contributed by atoms with E-state index >= 15 is 0 Å². The van der Waals surface area contributed by atoms with Crippen LogP contribution in [0.15, 0.2) is 18.2 Å². The third kappa shape index (κ3) is 3.64. The first-order valence-electron chi connectivity index (χ1n) is 6.45. The Morgan fingerprint density at radius 2 is 2.00 bits per heavy atom. The molecule has 0 heterocycles. The van der Waals surface area contributed by atoms with Crippen LogP contribution >= 0.6 is 11.6 Å². The van der Waals surface area contributed by atoms with Crippen molar-refractivity contribution in [2.45, 2.75) is 30.9 Å². The molecule has 5 nitrogen and oxygen atoms in total. The molecular weight excluding hydrogens is 300 g/mol. The number of nitrogen functional groups attached to an aromatic ring is 1. The summed E-state index contributed by atoms with van der Waals surface area (Å²) >= 11 is 5.81. The third-order valence-corrected chi connectivity index (χ3v) is 5.82. The van der Waals surface area contributed by atoms with Gasteiger partial charge in [-0.2, -0.15) is 0 Å². The highest BCUT2D eigenvalue weighted by atomic mass is 35.5. The van der Waals surface area contributed by atoms with Crippen molar-refractivity contribution in [2.75, 3.05) is 16.8 Å². The molecule has 7 heteroatoms. The number of nitrogens with one attached hydrogen (secondary N) is 1. The number of hydrogen-bond acceptors (Lipinski definition) is 4. The van der Waals surface area contributed by atoms with Gasteiger partial charge in [0.05, 0.1) is 16.6 Å². The lowest BCUT2D eigenvalue weighted by atomic mass is 10.2. The number of benzene rings is 1. The Bertz CT molecular complexity index is 610. The topological polar surface area (TPSA) is 89.3 Å². The van der Waals surface area contributed by atoms with E-state index in [1.807, 2.05) is 0 Å². The molecule has 1 fully saturated rings. The van der Waals surface area contributed by atoms with Gasteiger partial charge in [-0.1, -0.05) is 24.4 Å². The fraction of sp³-hybridized carbons (Fsp3) is 0.462. The quantitative estimate of drug-likeness (QED) is 0.833. The molecule has 20 heavy (non-hydrogen) atoms. The lowest BCUT2D eigenvalue weighted by Crippen LogP contribution is -2.29. The molecule has 3 N–H and O–H groups in total. The zero-order valence-electron chi connectivity index (χ0n) is 10.9. The van der Waals surface area contributed by atoms with Crippen molar-refractivity contribution in [1.82, 2.24) is 0 Å². The van der Waals surface area contributed by atoms with Gasteiger partial charge in [-0.25, -0.2) is 8.42 Å². The van der Waals surface area contributed by atoms with E-state index in [1.54, 1.807) is 12.1 Å². The molecule has 0 saturated heterocycles. The van der Waals surface area contributed by atoms with E-state index in [0.29, 0.717) is 29.2 Å². The summed E-state index contributed by atoms with van der Waals surface area (Å²) < 4.78 is 24.1. The molecule has 1 aromatic carbocycles. The Balaban J connectivity index is 2.03. The van der Waals surface area contributed by atoms with E-state index < -0.39 is 21.5 Å². The molecule has 1 aliphatic rings. The Morgan fingerprint density at radius 1 is 1.35 bits per heavy atom. The van der Waals surface area contributed by atoms with Crippen LogP contribution in [0.25, 0.3) is 0 Å². The van der Waals surface area contributed by atoms with Crippen LogP contribution in [0.3, 0.4) is 0 Å². The molecular formula is C13H17ClN2O3S. The number of amides is 1. The van der Waals surface area contributed by atoms with Gasteiger partial charge in [-0.05, 0) is 31.0 Å². The molecule has 1 aromatic rings. The van der Waals surface area contributed by atoms with Crippen LogP contribution in [0.2, 0.25) is 5.02 Å². The van der Waals surface area contributed by atoms with Crippen LogP contribution in [0.5, 0.6) is 0 Å². The molecule has 2 rings (SSSR count). The highest BCUT2D eigenvalue weighted by Gasteiger charge is 2.30. The van der Waals surface area contributed by atoms with Crippen molar-refractivity contribution in [2.24, 2.45) is 0 Å². The van der Waals surface area contributed by atoms with Gasteiger partial charge in [0.25, 0.3) is 0 Å². The number of anilines is 2. The minimum absolute atomic E-state index is 0.337. The average molecular weight is 317 g/mol. The number of carbonyl (C=O) groups is 1. The number of carbonyl (C=O) groups excluding carboxylic acids is 1. The Labute approximate surface area is 123 Å². The van der Waals surface area contributed by atoms with Crippen molar-refractivity contribution < 1.29 is 13.2 Å². The van der Waals surface area contributed by atoms with Crippen LogP contribution < -0.4 is 11.1 Å². The smallest absolute Gasteiger partial charge is 0.239 e. The SMILES string of the molecule is Nc1ccc(Cl)cc1NC(=O)CS(=O)(=O)C1CCCC1. The molecule has 0 aliphatic heterocycles. The molecule has 1 aliphatic carbocycles. The van der Waals surface area contributed by atoms with Gasteiger partial charge in [0.1, 0.15) is 5.75 Å². The zero-order chi connectivity index (χ0) is 14.8. The predicted octanol–water partition coefficient (Wildman–Crippen LogP) is 2.22. The van der Waals surface area contributed by atoms with Crippen LogP contribution in [-0.2, 0) is 14.6 Å². The fourth-order valence-corrected chi connectivity index (χ4v) is 4.27. The minimum Gasteiger partial charge on any atom is -0.397 e. The highest BCUT2D eigenvalue weighted by molar-refractivity contribution is 7.92. The zero-order valence-corrected chi connectivity index (χ0v) is 12.5. The van der Waals surface area contributed by atoms with Gasteiger partial charge in [-0.3, -0.25) is 4.79 Å². The van der Waals surface area contributed by atoms with Crippen molar-refractivity contribution in [3.05, 3.63) is 23.2 Å². The van der Waals surface area contributed by atoms with Crippen LogP contribution in [0.4, 0.5) is 11.4 Å². The van der Waals surface area contributed by atoms with Crippen molar-refractivity contribution in [3.8, 4) is 0 Å². The molecule has 0 radical (unpaired) electrons. The molecule has 1 amide bonds. The summed E-state index contributed by atoms with van der Waals surface area (Å²) in [7, 11) is -3.39. The van der Waals surface area contributed by atoms with E-state index in [1.165, 1.54) is 6.07 Å². The summed E-state index contributed by atoms with van der Waals surface area (Å²) in [6, 6.07) is 4.65.